The summed E-state index contributed by atoms with van der Waals surface area (Å²) in [6, 6.07) is 10.6. The number of nitrogens with zero attached hydrogens (tertiary/aromatic N) is 3. The van der Waals surface area contributed by atoms with E-state index in [4.69, 9.17) is 0 Å². The number of benzene rings is 1. The van der Waals surface area contributed by atoms with Crippen molar-refractivity contribution in [3.05, 3.63) is 41.5 Å². The van der Waals surface area contributed by atoms with Gasteiger partial charge in [-0.15, -0.1) is 10.2 Å². The Bertz CT molecular complexity index is 787. The molecule has 2 heterocycles. The van der Waals surface area contributed by atoms with Crippen molar-refractivity contribution in [2.24, 2.45) is 5.92 Å². The molecule has 144 valence electrons. The molecule has 1 N–H and O–H groups in total. The van der Waals surface area contributed by atoms with Crippen LogP contribution in [0.1, 0.15) is 44.2 Å². The van der Waals surface area contributed by atoms with Crippen molar-refractivity contribution in [3.63, 3.8) is 0 Å². The lowest BCUT2D eigenvalue weighted by Gasteiger charge is -2.33. The van der Waals surface area contributed by atoms with Crippen molar-refractivity contribution in [2.75, 3.05) is 18.0 Å². The maximum Gasteiger partial charge on any atom is 0.225 e. The van der Waals surface area contributed by atoms with E-state index in [0.29, 0.717) is 6.54 Å². The van der Waals surface area contributed by atoms with Crippen molar-refractivity contribution in [3.8, 4) is 11.3 Å². The topological polar surface area (TPSA) is 58.1 Å². The number of anilines is 1. The lowest BCUT2D eigenvalue weighted by atomic mass is 9.96. The van der Waals surface area contributed by atoms with Gasteiger partial charge in [-0.25, -0.2) is 0 Å². The number of aryl methyl sites for hydroxylation is 2. The van der Waals surface area contributed by atoms with E-state index < -0.39 is 0 Å². The first kappa shape index (κ1) is 19.3. The van der Waals surface area contributed by atoms with Crippen molar-refractivity contribution in [1.29, 1.82) is 0 Å². The van der Waals surface area contributed by atoms with Crippen LogP contribution in [0.15, 0.2) is 30.3 Å². The second-order valence-corrected chi connectivity index (χ2v) is 7.68. The standard InChI is InChI=1S/C22H30N4O/c1-5-17(4)23-22(27)19-7-6-12-26(14-19)21-11-10-20(24-25-21)18-9-8-15(2)16(3)13-18/h8-11,13,17,19H,5-7,12,14H2,1-4H3,(H,23,27). The Morgan fingerprint density at radius 1 is 1.22 bits per heavy atom. The van der Waals surface area contributed by atoms with E-state index >= 15 is 0 Å². The molecule has 27 heavy (non-hydrogen) atoms. The van der Waals surface area contributed by atoms with Gasteiger partial charge in [0.15, 0.2) is 5.82 Å². The maximum atomic E-state index is 12.5. The minimum absolute atomic E-state index is 0.0222. The van der Waals surface area contributed by atoms with Gasteiger partial charge in [0.1, 0.15) is 0 Å². The lowest BCUT2D eigenvalue weighted by Crippen LogP contribution is -2.45. The van der Waals surface area contributed by atoms with E-state index in [9.17, 15) is 4.79 Å². The summed E-state index contributed by atoms with van der Waals surface area (Å²) in [5.74, 6) is 1.03. The zero-order chi connectivity index (χ0) is 19.4. The summed E-state index contributed by atoms with van der Waals surface area (Å²) in [6.07, 6.45) is 2.89. The number of aromatic nitrogens is 2. The third kappa shape index (κ3) is 4.65. The molecule has 0 saturated carbocycles. The number of nitrogens with one attached hydrogen (secondary N) is 1. The van der Waals surface area contributed by atoms with Gasteiger partial charge in [-0.2, -0.15) is 0 Å². The van der Waals surface area contributed by atoms with E-state index in [2.05, 4.69) is 66.3 Å². The van der Waals surface area contributed by atoms with Crippen molar-refractivity contribution in [1.82, 2.24) is 15.5 Å². The summed E-state index contributed by atoms with van der Waals surface area (Å²) in [7, 11) is 0. The van der Waals surface area contributed by atoms with Gasteiger partial charge in [0.25, 0.3) is 0 Å². The van der Waals surface area contributed by atoms with E-state index in [0.717, 1.165) is 42.9 Å². The van der Waals surface area contributed by atoms with Gasteiger partial charge >= 0.3 is 0 Å². The molecule has 5 heteroatoms. The van der Waals surface area contributed by atoms with Gasteiger partial charge in [0, 0.05) is 24.7 Å². The average molecular weight is 367 g/mol. The molecular formula is C22H30N4O. The molecule has 0 bridgehead atoms. The summed E-state index contributed by atoms with van der Waals surface area (Å²) in [5.41, 5.74) is 4.49. The van der Waals surface area contributed by atoms with Crippen LogP contribution in [0.25, 0.3) is 11.3 Å². The van der Waals surface area contributed by atoms with E-state index in [-0.39, 0.29) is 17.9 Å². The molecule has 1 aromatic carbocycles. The zero-order valence-corrected chi connectivity index (χ0v) is 16.8. The van der Waals surface area contributed by atoms with E-state index in [1.807, 2.05) is 12.1 Å². The third-order valence-electron chi connectivity index (χ3n) is 5.57. The Morgan fingerprint density at radius 2 is 2.04 bits per heavy atom. The Balaban J connectivity index is 1.69. The third-order valence-corrected chi connectivity index (χ3v) is 5.57. The maximum absolute atomic E-state index is 12.5. The fourth-order valence-corrected chi connectivity index (χ4v) is 3.41. The molecule has 2 atom stereocenters. The fourth-order valence-electron chi connectivity index (χ4n) is 3.41. The Kier molecular flexibility index (Phi) is 6.09. The first-order valence-electron chi connectivity index (χ1n) is 9.94. The summed E-state index contributed by atoms with van der Waals surface area (Å²) < 4.78 is 0. The molecule has 5 nitrogen and oxygen atoms in total. The zero-order valence-electron chi connectivity index (χ0n) is 16.8. The first-order chi connectivity index (χ1) is 13.0. The van der Waals surface area contributed by atoms with Crippen LogP contribution in [0.4, 0.5) is 5.82 Å². The van der Waals surface area contributed by atoms with Gasteiger partial charge in [-0.1, -0.05) is 19.1 Å². The molecule has 1 aliphatic rings. The number of carbonyl (C=O) groups is 1. The molecule has 3 rings (SSSR count). The molecule has 2 aromatic rings. The molecule has 1 aromatic heterocycles. The van der Waals surface area contributed by atoms with Gasteiger partial charge in [0.05, 0.1) is 11.6 Å². The largest absolute Gasteiger partial charge is 0.354 e. The normalized spacial score (nSPS) is 18.2. The highest BCUT2D eigenvalue weighted by atomic mass is 16.2. The van der Waals surface area contributed by atoms with Gasteiger partial charge in [0.2, 0.25) is 5.91 Å². The average Bonchev–Trinajstić information content (AvgIpc) is 2.70. The quantitative estimate of drug-likeness (QED) is 0.872. The Hall–Kier alpha value is -2.43. The smallest absolute Gasteiger partial charge is 0.225 e. The van der Waals surface area contributed by atoms with Crippen LogP contribution in [0, 0.1) is 19.8 Å². The second kappa shape index (κ2) is 8.51. The predicted molar refractivity (Wildman–Crippen MR) is 110 cm³/mol. The van der Waals surface area contributed by atoms with Gasteiger partial charge in [-0.3, -0.25) is 4.79 Å². The number of amides is 1. The van der Waals surface area contributed by atoms with E-state index in [1.165, 1.54) is 11.1 Å². The molecule has 1 aliphatic heterocycles. The summed E-state index contributed by atoms with van der Waals surface area (Å²) >= 11 is 0. The summed E-state index contributed by atoms with van der Waals surface area (Å²) in [6.45, 7) is 9.99. The molecule has 0 spiro atoms. The number of hydrogen-bond donors (Lipinski definition) is 1. The molecule has 0 radical (unpaired) electrons. The highest BCUT2D eigenvalue weighted by Crippen LogP contribution is 2.24. The Morgan fingerprint density at radius 3 is 2.70 bits per heavy atom. The van der Waals surface area contributed by atoms with Crippen molar-refractivity contribution >= 4 is 11.7 Å². The SMILES string of the molecule is CCC(C)NC(=O)C1CCCN(c2ccc(-c3ccc(C)c(C)c3)nn2)C1. The molecule has 2 unspecified atom stereocenters. The monoisotopic (exact) mass is 366 g/mol. The minimum Gasteiger partial charge on any atom is -0.354 e. The van der Waals surface area contributed by atoms with Crippen LogP contribution in [-0.4, -0.2) is 35.2 Å². The highest BCUT2D eigenvalue weighted by molar-refractivity contribution is 5.79. The van der Waals surface area contributed by atoms with Crippen LogP contribution < -0.4 is 10.2 Å². The van der Waals surface area contributed by atoms with Crippen molar-refractivity contribution in [2.45, 2.75) is 53.0 Å². The van der Waals surface area contributed by atoms with E-state index in [1.54, 1.807) is 0 Å². The van der Waals surface area contributed by atoms with Crippen LogP contribution in [0.5, 0.6) is 0 Å². The lowest BCUT2D eigenvalue weighted by molar-refractivity contribution is -0.125. The van der Waals surface area contributed by atoms with Gasteiger partial charge in [-0.05, 0) is 69.4 Å². The number of hydrogen-bond acceptors (Lipinski definition) is 4. The fraction of sp³-hybridized carbons (Fsp3) is 0.500. The molecule has 0 aliphatic carbocycles. The highest BCUT2D eigenvalue weighted by Gasteiger charge is 2.27. The van der Waals surface area contributed by atoms with Crippen LogP contribution in [-0.2, 0) is 4.79 Å². The van der Waals surface area contributed by atoms with Crippen molar-refractivity contribution < 1.29 is 4.79 Å². The minimum atomic E-state index is 0.0222. The molecule has 1 fully saturated rings. The van der Waals surface area contributed by atoms with Crippen LogP contribution in [0.3, 0.4) is 0 Å². The van der Waals surface area contributed by atoms with Crippen LogP contribution >= 0.6 is 0 Å². The van der Waals surface area contributed by atoms with Gasteiger partial charge < -0.3 is 10.2 Å². The summed E-state index contributed by atoms with van der Waals surface area (Å²) in [5, 5.41) is 12.0. The number of carbonyl (C=O) groups excluding carboxylic acids is 1. The predicted octanol–water partition coefficient (Wildman–Crippen LogP) is 3.89. The number of rotatable bonds is 5. The molecular weight excluding hydrogens is 336 g/mol. The molecule has 1 saturated heterocycles. The molecule has 1 amide bonds. The Labute approximate surface area is 162 Å². The second-order valence-electron chi connectivity index (χ2n) is 7.68. The number of piperidine rings is 1. The summed E-state index contributed by atoms with van der Waals surface area (Å²) in [4.78, 5) is 14.7. The van der Waals surface area contributed by atoms with Crippen LogP contribution in [0.2, 0.25) is 0 Å². The first-order valence-corrected chi connectivity index (χ1v) is 9.94.